The highest BCUT2D eigenvalue weighted by atomic mass is 32.2. The van der Waals surface area contributed by atoms with Crippen molar-refractivity contribution >= 4 is 39.5 Å². The van der Waals surface area contributed by atoms with Crippen LogP contribution in [0.4, 0.5) is 4.39 Å². The van der Waals surface area contributed by atoms with Gasteiger partial charge in [-0.05, 0) is 38.1 Å². The quantitative estimate of drug-likeness (QED) is 0.500. The molecule has 144 valence electrons. The van der Waals surface area contributed by atoms with Crippen LogP contribution in [0.5, 0.6) is 0 Å². The van der Waals surface area contributed by atoms with Crippen LogP contribution in [0.2, 0.25) is 0 Å². The number of nitrogens with zero attached hydrogens (tertiary/aromatic N) is 4. The monoisotopic (exact) mass is 406 g/mol. The number of rotatable bonds is 4. The van der Waals surface area contributed by atoms with E-state index in [4.69, 9.17) is 0 Å². The number of carboxylic acid groups (broad SMARTS) is 1. The first-order valence-electron chi connectivity index (χ1n) is 8.70. The predicted molar refractivity (Wildman–Crippen MR) is 109 cm³/mol. The van der Waals surface area contributed by atoms with Crippen LogP contribution in [-0.4, -0.2) is 30.4 Å². The van der Waals surface area contributed by atoms with E-state index in [0.29, 0.717) is 27.3 Å². The Labute approximate surface area is 169 Å². The first kappa shape index (κ1) is 18.9. The maximum absolute atomic E-state index is 14.6. The number of hydrogen-bond donors (Lipinski definition) is 1. The molecular weight excluding hydrogens is 391 g/mol. The molecule has 0 radical (unpaired) electrons. The Morgan fingerprint density at radius 1 is 1.28 bits per heavy atom. The lowest BCUT2D eigenvalue weighted by molar-refractivity contribution is -0.138. The largest absolute Gasteiger partial charge is 0.480 e. The minimum absolute atomic E-state index is 0.215. The Balaban J connectivity index is 2.07. The maximum atomic E-state index is 14.6. The van der Waals surface area contributed by atoms with E-state index in [1.54, 1.807) is 61.1 Å². The van der Waals surface area contributed by atoms with Gasteiger partial charge in [-0.15, -0.1) is 0 Å². The van der Waals surface area contributed by atoms with Crippen molar-refractivity contribution in [2.24, 2.45) is 0 Å². The number of hydrogen-bond acceptors (Lipinski definition) is 5. The van der Waals surface area contributed by atoms with Gasteiger partial charge < -0.3 is 5.11 Å². The smallest absolute Gasteiger partial charge is 0.319 e. The number of imidazole rings is 1. The third-order valence-electron chi connectivity index (χ3n) is 4.62. The zero-order chi connectivity index (χ0) is 20.8. The Morgan fingerprint density at radius 3 is 2.79 bits per heavy atom. The molecule has 8 heteroatoms. The van der Waals surface area contributed by atoms with E-state index in [1.807, 2.05) is 6.07 Å². The highest BCUT2D eigenvalue weighted by Gasteiger charge is 2.32. The average Bonchev–Trinajstić information content (AvgIpc) is 3.04. The number of pyridine rings is 1. The van der Waals surface area contributed by atoms with E-state index in [0.717, 1.165) is 11.8 Å². The zero-order valence-corrected chi connectivity index (χ0v) is 16.4. The summed E-state index contributed by atoms with van der Waals surface area (Å²) in [6.07, 6.45) is 3.23. The first-order chi connectivity index (χ1) is 13.8. The molecule has 0 aliphatic carbocycles. The third kappa shape index (κ3) is 3.09. The second-order valence-corrected chi connectivity index (χ2v) is 8.51. The van der Waals surface area contributed by atoms with Crippen LogP contribution >= 0.6 is 11.8 Å². The van der Waals surface area contributed by atoms with Crippen molar-refractivity contribution in [2.75, 3.05) is 0 Å². The van der Waals surface area contributed by atoms with Gasteiger partial charge in [-0.25, -0.2) is 9.37 Å². The Morgan fingerprint density at radius 2 is 2.07 bits per heavy atom. The summed E-state index contributed by atoms with van der Waals surface area (Å²) in [5.74, 6) is -1.47. The number of aliphatic carboxylic acids is 1. The van der Waals surface area contributed by atoms with Crippen molar-refractivity contribution in [3.63, 3.8) is 0 Å². The van der Waals surface area contributed by atoms with Gasteiger partial charge in [0.2, 0.25) is 0 Å². The predicted octanol–water partition coefficient (Wildman–Crippen LogP) is 4.54. The summed E-state index contributed by atoms with van der Waals surface area (Å²) in [6, 6.07) is 11.6. The minimum atomic E-state index is -1.14. The van der Waals surface area contributed by atoms with Crippen LogP contribution in [0.25, 0.3) is 27.5 Å². The SMILES string of the molecule is CC(C)(Sc1nc2ccncc2n1-c1ccc(C#N)c2c(F)cccc12)C(=O)O. The lowest BCUT2D eigenvalue weighted by atomic mass is 10.0. The number of benzene rings is 2. The minimum Gasteiger partial charge on any atom is -0.480 e. The molecule has 0 bridgehead atoms. The summed E-state index contributed by atoms with van der Waals surface area (Å²) >= 11 is 1.09. The molecule has 0 spiro atoms. The maximum Gasteiger partial charge on any atom is 0.319 e. The second-order valence-electron chi connectivity index (χ2n) is 6.92. The Kier molecular flexibility index (Phi) is 4.47. The van der Waals surface area contributed by atoms with Gasteiger partial charge in [-0.1, -0.05) is 23.9 Å². The molecule has 0 aliphatic rings. The highest BCUT2D eigenvalue weighted by Crippen LogP contribution is 2.38. The van der Waals surface area contributed by atoms with Crippen molar-refractivity contribution in [3.8, 4) is 11.8 Å². The van der Waals surface area contributed by atoms with Crippen molar-refractivity contribution in [2.45, 2.75) is 23.8 Å². The lowest BCUT2D eigenvalue weighted by Gasteiger charge is -2.19. The molecule has 1 N–H and O–H groups in total. The second kappa shape index (κ2) is 6.87. The Hall–Kier alpha value is -3.44. The molecule has 4 aromatic rings. The summed E-state index contributed by atoms with van der Waals surface area (Å²) < 4.78 is 15.2. The molecule has 29 heavy (non-hydrogen) atoms. The fraction of sp³-hybridized carbons (Fsp3) is 0.143. The van der Waals surface area contributed by atoms with E-state index in [1.165, 1.54) is 6.07 Å². The van der Waals surface area contributed by atoms with E-state index in [2.05, 4.69) is 9.97 Å². The number of aromatic nitrogens is 3. The summed E-state index contributed by atoms with van der Waals surface area (Å²) in [5, 5.41) is 20.2. The summed E-state index contributed by atoms with van der Waals surface area (Å²) in [6.45, 7) is 3.19. The molecular formula is C21H15FN4O2S. The van der Waals surface area contributed by atoms with Gasteiger partial charge in [0.15, 0.2) is 5.16 Å². The van der Waals surface area contributed by atoms with Gasteiger partial charge in [0.1, 0.15) is 10.6 Å². The molecule has 2 aromatic heterocycles. The van der Waals surface area contributed by atoms with E-state index in [-0.39, 0.29) is 10.9 Å². The van der Waals surface area contributed by atoms with Crippen molar-refractivity contribution < 1.29 is 14.3 Å². The van der Waals surface area contributed by atoms with Crippen LogP contribution < -0.4 is 0 Å². The van der Waals surface area contributed by atoms with Gasteiger partial charge in [-0.2, -0.15) is 5.26 Å². The number of fused-ring (bicyclic) bond motifs is 2. The van der Waals surface area contributed by atoms with Gasteiger partial charge in [0.05, 0.1) is 34.6 Å². The standard InChI is InChI=1S/C21H15FN4O2S/c1-21(2,19(27)28)29-20-25-15-8-9-24-11-17(15)26(20)16-7-6-12(10-23)18-13(16)4-3-5-14(18)22/h3-9,11H,1-2H3,(H,27,28). The van der Waals surface area contributed by atoms with E-state index >= 15 is 0 Å². The molecule has 6 nitrogen and oxygen atoms in total. The number of nitriles is 1. The first-order valence-corrected chi connectivity index (χ1v) is 9.51. The Bertz CT molecular complexity index is 1320. The molecule has 0 saturated carbocycles. The van der Waals surface area contributed by atoms with Crippen LogP contribution in [0.3, 0.4) is 0 Å². The number of carboxylic acids is 1. The molecule has 0 unspecified atom stereocenters. The molecule has 0 saturated heterocycles. The van der Waals surface area contributed by atoms with Crippen LogP contribution in [0, 0.1) is 17.1 Å². The summed E-state index contributed by atoms with van der Waals surface area (Å²) in [7, 11) is 0. The van der Waals surface area contributed by atoms with Gasteiger partial charge >= 0.3 is 5.97 Å². The molecule has 0 amide bonds. The highest BCUT2D eigenvalue weighted by molar-refractivity contribution is 8.01. The lowest BCUT2D eigenvalue weighted by Crippen LogP contribution is -2.27. The fourth-order valence-electron chi connectivity index (χ4n) is 3.11. The molecule has 0 fully saturated rings. The molecule has 2 aromatic carbocycles. The zero-order valence-electron chi connectivity index (χ0n) is 15.5. The van der Waals surface area contributed by atoms with Crippen LogP contribution in [0.1, 0.15) is 19.4 Å². The molecule has 0 atom stereocenters. The number of thioether (sulfide) groups is 1. The molecule has 4 rings (SSSR count). The number of halogens is 1. The normalized spacial score (nSPS) is 11.7. The average molecular weight is 406 g/mol. The number of carbonyl (C=O) groups is 1. The topological polar surface area (TPSA) is 91.8 Å². The van der Waals surface area contributed by atoms with Crippen molar-refractivity contribution in [3.05, 3.63) is 60.2 Å². The molecule has 2 heterocycles. The van der Waals surface area contributed by atoms with Gasteiger partial charge in [-0.3, -0.25) is 14.3 Å². The van der Waals surface area contributed by atoms with Crippen LogP contribution in [-0.2, 0) is 4.79 Å². The van der Waals surface area contributed by atoms with Crippen molar-refractivity contribution in [1.29, 1.82) is 5.26 Å². The fourth-order valence-corrected chi connectivity index (χ4v) is 4.09. The summed E-state index contributed by atoms with van der Waals surface area (Å²) in [4.78, 5) is 20.4. The van der Waals surface area contributed by atoms with Crippen LogP contribution in [0.15, 0.2) is 53.9 Å². The van der Waals surface area contributed by atoms with E-state index in [9.17, 15) is 19.6 Å². The van der Waals surface area contributed by atoms with E-state index < -0.39 is 16.5 Å². The third-order valence-corrected chi connectivity index (χ3v) is 5.76. The molecule has 0 aliphatic heterocycles. The van der Waals surface area contributed by atoms with Crippen molar-refractivity contribution in [1.82, 2.24) is 14.5 Å². The summed E-state index contributed by atoms with van der Waals surface area (Å²) in [5.41, 5.74) is 2.12. The van der Waals surface area contributed by atoms with Gasteiger partial charge in [0, 0.05) is 17.0 Å². The van der Waals surface area contributed by atoms with Gasteiger partial charge in [0.25, 0.3) is 0 Å².